The molecule has 4 nitrogen and oxygen atoms in total. The molecule has 0 aromatic heterocycles. The number of carbonyl (C=O) groups excluding carboxylic acids is 1. The first-order chi connectivity index (χ1) is 36.2. The molecule has 2 atom stereocenters. The average molecular weight is 1010 g/mol. The van der Waals surface area contributed by atoms with Crippen molar-refractivity contribution in [2.45, 2.75) is 289 Å². The number of hydrogen-bond acceptors (Lipinski definition) is 3. The summed E-state index contributed by atoms with van der Waals surface area (Å²) in [5, 5.41) is 23.2. The summed E-state index contributed by atoms with van der Waals surface area (Å²) in [6.45, 7) is 4.19. The number of rotatable bonds is 55. The van der Waals surface area contributed by atoms with Crippen molar-refractivity contribution >= 4 is 5.91 Å². The van der Waals surface area contributed by atoms with Gasteiger partial charge >= 0.3 is 0 Å². The zero-order valence-corrected chi connectivity index (χ0v) is 47.9. The van der Waals surface area contributed by atoms with Crippen molar-refractivity contribution in [3.63, 3.8) is 0 Å². The fraction of sp³-hybridized carbons (Fsp3) is 0.667. The molecule has 0 aromatic rings. The third-order valence-corrected chi connectivity index (χ3v) is 13.4. The first-order valence-electron chi connectivity index (χ1n) is 30.9. The van der Waals surface area contributed by atoms with Gasteiger partial charge in [-0.1, -0.05) is 308 Å². The predicted molar refractivity (Wildman–Crippen MR) is 326 cm³/mol. The number of amides is 1. The van der Waals surface area contributed by atoms with Crippen LogP contribution in [0.3, 0.4) is 0 Å². The van der Waals surface area contributed by atoms with E-state index in [1.807, 2.05) is 6.08 Å². The van der Waals surface area contributed by atoms with Gasteiger partial charge in [0.1, 0.15) is 0 Å². The average Bonchev–Trinajstić information content (AvgIpc) is 3.40. The summed E-state index contributed by atoms with van der Waals surface area (Å²) in [5.74, 6) is -0.109. The van der Waals surface area contributed by atoms with Crippen LogP contribution in [0.25, 0.3) is 0 Å². The Labute approximate surface area is 453 Å². The number of carbonyl (C=O) groups is 1. The Morgan fingerprint density at radius 1 is 0.342 bits per heavy atom. The van der Waals surface area contributed by atoms with Gasteiger partial charge < -0.3 is 15.5 Å². The van der Waals surface area contributed by atoms with E-state index >= 15 is 0 Å². The summed E-state index contributed by atoms with van der Waals surface area (Å²) in [6, 6.07) is -0.658. The van der Waals surface area contributed by atoms with Gasteiger partial charge in [-0.2, -0.15) is 0 Å². The second-order valence-corrected chi connectivity index (χ2v) is 20.4. The number of aliphatic hydroxyl groups excluding tert-OH is 2. The largest absolute Gasteiger partial charge is 0.394 e. The zero-order valence-electron chi connectivity index (χ0n) is 47.9. The Kier molecular flexibility index (Phi) is 59.8. The lowest BCUT2D eigenvalue weighted by Gasteiger charge is -2.19. The number of hydrogen-bond donors (Lipinski definition) is 3. The van der Waals surface area contributed by atoms with E-state index in [0.717, 1.165) is 96.3 Å². The topological polar surface area (TPSA) is 69.6 Å². The van der Waals surface area contributed by atoms with Crippen LogP contribution in [-0.2, 0) is 4.79 Å². The van der Waals surface area contributed by atoms with Gasteiger partial charge in [0.2, 0.25) is 5.91 Å². The maximum Gasteiger partial charge on any atom is 0.220 e. The SMILES string of the molecule is CC/C=C\C/C=C\C/C=C\C/C=C\C/C=C\C/C=C\C/C=C\C/C=C\C/C=C\C/C=C\CCCCC(=O)NC(CO)C(O)/C=C/CCCCCCCCCCCCCCCCCCCCCCCCCCCC. The molecule has 0 aromatic carbocycles. The van der Waals surface area contributed by atoms with Crippen LogP contribution in [0, 0.1) is 0 Å². The highest BCUT2D eigenvalue weighted by Crippen LogP contribution is 2.17. The van der Waals surface area contributed by atoms with E-state index < -0.39 is 12.1 Å². The second kappa shape index (κ2) is 62.8. The minimum Gasteiger partial charge on any atom is -0.394 e. The van der Waals surface area contributed by atoms with Gasteiger partial charge in [0.05, 0.1) is 18.8 Å². The first-order valence-corrected chi connectivity index (χ1v) is 30.9. The number of unbranched alkanes of at least 4 members (excludes halogenated alkanes) is 28. The second-order valence-electron chi connectivity index (χ2n) is 20.4. The molecule has 0 radical (unpaired) electrons. The van der Waals surface area contributed by atoms with E-state index in [9.17, 15) is 15.0 Å². The van der Waals surface area contributed by atoms with Crippen LogP contribution in [0.2, 0.25) is 0 Å². The minimum absolute atomic E-state index is 0.109. The summed E-state index contributed by atoms with van der Waals surface area (Å²) in [6.07, 6.45) is 97.7. The van der Waals surface area contributed by atoms with E-state index in [4.69, 9.17) is 0 Å². The van der Waals surface area contributed by atoms with Gasteiger partial charge in [0.25, 0.3) is 0 Å². The molecule has 0 saturated heterocycles. The molecule has 0 aliphatic rings. The van der Waals surface area contributed by atoms with Crippen molar-refractivity contribution in [2.24, 2.45) is 0 Å². The molecule has 0 fully saturated rings. The van der Waals surface area contributed by atoms with Crippen molar-refractivity contribution in [1.29, 1.82) is 0 Å². The summed E-state index contributed by atoms with van der Waals surface area (Å²) in [5.41, 5.74) is 0. The van der Waals surface area contributed by atoms with Crippen molar-refractivity contribution < 1.29 is 15.0 Å². The third-order valence-electron chi connectivity index (χ3n) is 13.4. The number of allylic oxidation sites excluding steroid dienone is 21. The standard InChI is InChI=1S/C69H117NO3/c1-3-5-7-9-11-13-15-17-19-21-23-25-27-29-31-33-34-35-36-37-39-41-43-45-47-49-51-53-55-57-59-61-63-65-69(73)70-67(66-71)68(72)64-62-60-58-56-54-52-50-48-46-44-42-40-38-32-30-28-26-24-22-20-18-16-14-12-10-8-6-4-2/h5,7,11,13,17,19,23,25,29,31,34-35,37,39,43,45,49,51,55,57,62,64,67-68,71-72H,3-4,6,8-10,12,14-16,18,20-22,24,26-28,30,32-33,36,38,40-42,44,46-48,50,52-54,56,58-61,63,65-66H2,1-2H3,(H,70,73)/b7-5-,13-11-,19-17-,25-23-,31-29-,35-34-,39-37-,45-43-,51-49-,57-55-,64-62+. The molecular weight excluding hydrogens is 891 g/mol. The molecule has 0 aliphatic heterocycles. The van der Waals surface area contributed by atoms with Crippen LogP contribution in [0.5, 0.6) is 0 Å². The Morgan fingerprint density at radius 3 is 0.904 bits per heavy atom. The highest BCUT2D eigenvalue weighted by molar-refractivity contribution is 5.76. The molecule has 0 saturated carbocycles. The molecule has 0 bridgehead atoms. The summed E-state index contributed by atoms with van der Waals surface area (Å²) >= 11 is 0. The van der Waals surface area contributed by atoms with Crippen molar-refractivity contribution in [1.82, 2.24) is 5.32 Å². The Morgan fingerprint density at radius 2 is 0.603 bits per heavy atom. The minimum atomic E-state index is -0.870. The summed E-state index contributed by atoms with van der Waals surface area (Å²) in [4.78, 5) is 12.5. The van der Waals surface area contributed by atoms with Gasteiger partial charge in [0.15, 0.2) is 0 Å². The zero-order chi connectivity index (χ0) is 52.7. The summed E-state index contributed by atoms with van der Waals surface area (Å²) < 4.78 is 0. The fourth-order valence-corrected chi connectivity index (χ4v) is 8.74. The van der Waals surface area contributed by atoms with Gasteiger partial charge in [-0.25, -0.2) is 0 Å². The number of aliphatic hydroxyl groups is 2. The monoisotopic (exact) mass is 1010 g/mol. The third kappa shape index (κ3) is 59.3. The molecule has 0 rings (SSSR count). The Balaban J connectivity index is 3.65. The van der Waals surface area contributed by atoms with E-state index in [-0.39, 0.29) is 12.5 Å². The highest BCUT2D eigenvalue weighted by atomic mass is 16.3. The quantitative estimate of drug-likeness (QED) is 0.0420. The molecule has 416 valence electrons. The van der Waals surface area contributed by atoms with E-state index in [0.29, 0.717) is 6.42 Å². The molecule has 0 aliphatic carbocycles. The fourth-order valence-electron chi connectivity index (χ4n) is 8.74. The van der Waals surface area contributed by atoms with Crippen LogP contribution in [-0.4, -0.2) is 34.9 Å². The molecule has 73 heavy (non-hydrogen) atoms. The smallest absolute Gasteiger partial charge is 0.220 e. The van der Waals surface area contributed by atoms with Crippen molar-refractivity contribution in [3.8, 4) is 0 Å². The van der Waals surface area contributed by atoms with E-state index in [2.05, 4.69) is 141 Å². The van der Waals surface area contributed by atoms with Gasteiger partial charge in [-0.15, -0.1) is 0 Å². The maximum atomic E-state index is 12.5. The normalized spacial score (nSPS) is 13.8. The molecule has 4 heteroatoms. The van der Waals surface area contributed by atoms with Gasteiger partial charge in [0, 0.05) is 6.42 Å². The van der Waals surface area contributed by atoms with Gasteiger partial charge in [-0.05, 0) is 96.3 Å². The molecule has 0 heterocycles. The lowest BCUT2D eigenvalue weighted by molar-refractivity contribution is -0.123. The Hall–Kier alpha value is -3.47. The van der Waals surface area contributed by atoms with Crippen LogP contribution < -0.4 is 5.32 Å². The summed E-state index contributed by atoms with van der Waals surface area (Å²) in [7, 11) is 0. The molecule has 3 N–H and O–H groups in total. The van der Waals surface area contributed by atoms with E-state index in [1.54, 1.807) is 6.08 Å². The molecular formula is C69H117NO3. The van der Waals surface area contributed by atoms with Crippen LogP contribution in [0.4, 0.5) is 0 Å². The predicted octanol–water partition coefficient (Wildman–Crippen LogP) is 21.0. The lowest BCUT2D eigenvalue weighted by atomic mass is 10.0. The van der Waals surface area contributed by atoms with Crippen LogP contribution in [0.1, 0.15) is 277 Å². The Bertz CT molecular complexity index is 1470. The van der Waals surface area contributed by atoms with Crippen molar-refractivity contribution in [2.75, 3.05) is 6.61 Å². The molecule has 0 spiro atoms. The maximum absolute atomic E-state index is 12.5. The molecule has 2 unspecified atom stereocenters. The first kappa shape index (κ1) is 69.5. The van der Waals surface area contributed by atoms with Crippen LogP contribution in [0.15, 0.2) is 134 Å². The highest BCUT2D eigenvalue weighted by Gasteiger charge is 2.18. The van der Waals surface area contributed by atoms with Gasteiger partial charge in [-0.3, -0.25) is 4.79 Å². The van der Waals surface area contributed by atoms with Crippen molar-refractivity contribution in [3.05, 3.63) is 134 Å². The van der Waals surface area contributed by atoms with Crippen LogP contribution >= 0.6 is 0 Å². The lowest BCUT2D eigenvalue weighted by Crippen LogP contribution is -2.45. The molecule has 1 amide bonds. The van der Waals surface area contributed by atoms with E-state index in [1.165, 1.54) is 161 Å². The number of nitrogens with one attached hydrogen (secondary N) is 1.